The van der Waals surface area contributed by atoms with Crippen LogP contribution in [-0.2, 0) is 32.0 Å². The van der Waals surface area contributed by atoms with Crippen LogP contribution in [0.5, 0.6) is 5.75 Å². The number of hydrogen-bond acceptors (Lipinski definition) is 11. The lowest BCUT2D eigenvalue weighted by atomic mass is 10.1. The van der Waals surface area contributed by atoms with Crippen molar-refractivity contribution >= 4 is 127 Å². The maximum Gasteiger partial charge on any atom is 0.258 e. The van der Waals surface area contributed by atoms with Gasteiger partial charge in [-0.05, 0) is 118 Å². The number of carbonyl (C=O) groups excluding carboxylic acids is 6. The highest BCUT2D eigenvalue weighted by atomic mass is 35.5. The number of alkyl halides is 3. The first-order valence-electron chi connectivity index (χ1n) is 20.0. The van der Waals surface area contributed by atoms with Gasteiger partial charge in [0.25, 0.3) is 23.6 Å². The Labute approximate surface area is 404 Å². The van der Waals surface area contributed by atoms with Crippen molar-refractivity contribution in [3.05, 3.63) is 135 Å². The second-order valence-corrected chi connectivity index (χ2v) is 16.5. The fraction of sp³-hybridized carbons (Fsp3) is 0.217. The zero-order valence-electron chi connectivity index (χ0n) is 35.4. The number of nitrogens with one attached hydrogen (secondary N) is 4. The Morgan fingerprint density at radius 3 is 1.39 bits per heavy atom. The summed E-state index contributed by atoms with van der Waals surface area (Å²) >= 11 is 30.4. The second kappa shape index (κ2) is 24.3. The van der Waals surface area contributed by atoms with E-state index >= 15 is 0 Å². The molecule has 0 saturated heterocycles. The van der Waals surface area contributed by atoms with E-state index in [-0.39, 0.29) is 49.7 Å². The number of hydrogen-bond donors (Lipinski definition) is 4. The van der Waals surface area contributed by atoms with Gasteiger partial charge in [0.05, 0.1) is 38.2 Å². The molecule has 0 saturated carbocycles. The van der Waals surface area contributed by atoms with Crippen LogP contribution in [0.15, 0.2) is 124 Å². The number of amides is 4. The first kappa shape index (κ1) is 50.8. The fourth-order valence-electron chi connectivity index (χ4n) is 5.90. The Balaban J connectivity index is 1.27. The van der Waals surface area contributed by atoms with Crippen LogP contribution in [0.25, 0.3) is 0 Å². The van der Waals surface area contributed by atoms with E-state index in [1.807, 2.05) is 24.3 Å². The van der Waals surface area contributed by atoms with Crippen LogP contribution in [0, 0.1) is 0 Å². The van der Waals surface area contributed by atoms with Crippen molar-refractivity contribution in [2.24, 2.45) is 20.5 Å². The number of azo groups is 2. The van der Waals surface area contributed by atoms with Crippen LogP contribution in [0.4, 0.5) is 34.1 Å². The second-order valence-electron chi connectivity index (χ2n) is 14.3. The van der Waals surface area contributed by atoms with Crippen molar-refractivity contribution in [3.63, 3.8) is 0 Å². The zero-order valence-corrected chi connectivity index (χ0v) is 39.2. The summed E-state index contributed by atoms with van der Waals surface area (Å²) in [5.41, 5.74) is 2.69. The molecular weight excluding hydrogens is 954 g/mol. The highest BCUT2D eigenvalue weighted by Gasteiger charge is 2.27. The summed E-state index contributed by atoms with van der Waals surface area (Å²) in [6, 6.07) is 23.6. The molecule has 4 N–H and O–H groups in total. The van der Waals surface area contributed by atoms with Gasteiger partial charge in [0.15, 0.2) is 17.1 Å². The number of carbonyl (C=O) groups is 6. The molecule has 0 radical (unpaired) electrons. The molecule has 0 heterocycles. The van der Waals surface area contributed by atoms with Crippen molar-refractivity contribution in [3.8, 4) is 5.75 Å². The molecule has 0 aliphatic carbocycles. The van der Waals surface area contributed by atoms with E-state index in [0.29, 0.717) is 36.0 Å². The minimum atomic E-state index is -1.64. The predicted octanol–water partition coefficient (Wildman–Crippen LogP) is 11.4. The van der Waals surface area contributed by atoms with Crippen LogP contribution in [0.2, 0.25) is 10.0 Å². The van der Waals surface area contributed by atoms with Crippen LogP contribution < -0.4 is 26.0 Å². The van der Waals surface area contributed by atoms with Crippen molar-refractivity contribution in [2.75, 3.05) is 33.0 Å². The predicted molar refractivity (Wildman–Crippen MR) is 258 cm³/mol. The molecule has 4 amide bonds. The van der Waals surface area contributed by atoms with Gasteiger partial charge in [0.2, 0.25) is 12.1 Å². The number of rotatable bonds is 20. The number of ketones is 2. The van der Waals surface area contributed by atoms with Crippen molar-refractivity contribution in [2.45, 2.75) is 51.3 Å². The van der Waals surface area contributed by atoms with Crippen molar-refractivity contribution < 1.29 is 33.5 Å². The molecule has 5 aromatic carbocycles. The van der Waals surface area contributed by atoms with E-state index in [9.17, 15) is 28.8 Å². The highest BCUT2D eigenvalue weighted by Crippen LogP contribution is 2.31. The molecule has 5 aromatic rings. The number of benzene rings is 5. The molecule has 5 rings (SSSR count). The number of nitrogens with zero attached hydrogens (tertiary/aromatic N) is 4. The molecule has 20 heteroatoms. The molecule has 0 aliphatic heterocycles. The van der Waals surface area contributed by atoms with Gasteiger partial charge in [-0.25, -0.2) is 0 Å². The monoisotopic (exact) mass is 992 g/mol. The molecule has 0 bridgehead atoms. The molecule has 0 spiro atoms. The number of aryl methyl sites for hydroxylation is 2. The normalized spacial score (nSPS) is 12.5. The van der Waals surface area contributed by atoms with Crippen LogP contribution in [0.3, 0.4) is 0 Å². The average Bonchev–Trinajstić information content (AvgIpc) is 3.26. The molecule has 0 aliphatic rings. The minimum Gasteiger partial charge on any atom is -0.473 e. The number of ether oxygens (including phenoxy) is 1. The molecule has 3 atom stereocenters. The first-order chi connectivity index (χ1) is 31.5. The third-order valence-electron chi connectivity index (χ3n) is 9.22. The SMILES string of the molecule is CC(=O)C(N=Nc1ccc(Cl)c(C(=O)Nc2ccc(CCCl)cc2)c1)C(=O)Nc1ccc(NC(=O)C(N=Nc2ccc(Cl)c(C(=O)Nc3ccc(CCCl)cc3)c2)C(C)=O)c(OC(C)Cl)c1. The van der Waals surface area contributed by atoms with Gasteiger partial charge in [-0.2, -0.15) is 20.5 Å². The van der Waals surface area contributed by atoms with Gasteiger partial charge in [0.1, 0.15) is 5.75 Å². The Bertz CT molecular complexity index is 2660. The lowest BCUT2D eigenvalue weighted by Gasteiger charge is -2.17. The van der Waals surface area contributed by atoms with Crippen LogP contribution in [-0.4, -0.2) is 64.6 Å². The summed E-state index contributed by atoms with van der Waals surface area (Å²) < 4.78 is 5.70. The summed E-state index contributed by atoms with van der Waals surface area (Å²) in [7, 11) is 0. The third-order valence-corrected chi connectivity index (χ3v) is 10.3. The highest BCUT2D eigenvalue weighted by molar-refractivity contribution is 6.35. The van der Waals surface area contributed by atoms with E-state index in [2.05, 4.69) is 41.7 Å². The lowest BCUT2D eigenvalue weighted by molar-refractivity contribution is -0.127. The minimum absolute atomic E-state index is 0.0240. The van der Waals surface area contributed by atoms with E-state index in [0.717, 1.165) is 25.0 Å². The molecule has 15 nitrogen and oxygen atoms in total. The molecule has 0 fully saturated rings. The molecule has 342 valence electrons. The van der Waals surface area contributed by atoms with E-state index in [1.54, 1.807) is 24.3 Å². The smallest absolute Gasteiger partial charge is 0.258 e. The maximum absolute atomic E-state index is 13.5. The van der Waals surface area contributed by atoms with Gasteiger partial charge in [-0.1, -0.05) is 59.1 Å². The Morgan fingerprint density at radius 1 is 0.561 bits per heavy atom. The molecule has 66 heavy (non-hydrogen) atoms. The molecular formula is C46H41Cl5N8O7. The van der Waals surface area contributed by atoms with Gasteiger partial charge in [0, 0.05) is 34.9 Å². The van der Waals surface area contributed by atoms with E-state index < -0.39 is 52.8 Å². The summed E-state index contributed by atoms with van der Waals surface area (Å²) in [6.45, 7) is 3.81. The summed E-state index contributed by atoms with van der Waals surface area (Å²) in [4.78, 5) is 78.4. The standard InChI is InChI=1S/C46H41Cl5N8O7/c1-25(60)41(58-56-33-12-15-37(50)35(22-33)43(62)52-30-8-4-28(5-9-30)18-20-47)45(64)54-32-14-17-39(40(24-32)66-27(3)49)55-46(65)42(26(2)61)59-57-34-13-16-38(51)36(23-34)44(63)53-31-10-6-29(7-11-31)19-21-48/h4-17,22-24,27,41-42H,18-21H2,1-3H3,(H,52,62)(H,53,63)(H,54,64)(H,55,65). The summed E-state index contributed by atoms with van der Waals surface area (Å²) in [6.07, 6.45) is 1.35. The number of halogens is 5. The van der Waals surface area contributed by atoms with Gasteiger partial charge >= 0.3 is 0 Å². The Kier molecular flexibility index (Phi) is 18.7. The third kappa shape index (κ3) is 14.6. The largest absolute Gasteiger partial charge is 0.473 e. The van der Waals surface area contributed by atoms with Crippen molar-refractivity contribution in [1.29, 1.82) is 0 Å². The first-order valence-corrected chi connectivity index (χ1v) is 22.2. The number of anilines is 4. The number of Topliss-reactive ketones (excluding diaryl/α,β-unsaturated/α-hetero) is 2. The Hall–Kier alpha value is -6.23. The van der Waals surface area contributed by atoms with Crippen molar-refractivity contribution in [1.82, 2.24) is 0 Å². The van der Waals surface area contributed by atoms with Crippen LogP contribution >= 0.6 is 58.0 Å². The van der Waals surface area contributed by atoms with Gasteiger partial charge < -0.3 is 26.0 Å². The Morgan fingerprint density at radius 2 is 0.985 bits per heavy atom. The van der Waals surface area contributed by atoms with E-state index in [1.165, 1.54) is 61.5 Å². The lowest BCUT2D eigenvalue weighted by Crippen LogP contribution is -2.32. The quantitative estimate of drug-likeness (QED) is 0.0336. The average molecular weight is 995 g/mol. The van der Waals surface area contributed by atoms with E-state index in [4.69, 9.17) is 62.7 Å². The summed E-state index contributed by atoms with van der Waals surface area (Å²) in [5.74, 6) is -3.22. The fourth-order valence-corrected chi connectivity index (χ4v) is 6.84. The molecule has 0 aromatic heterocycles. The topological polar surface area (TPSA) is 209 Å². The van der Waals surface area contributed by atoms with Gasteiger partial charge in [-0.3, -0.25) is 28.8 Å². The zero-order chi connectivity index (χ0) is 47.9. The van der Waals surface area contributed by atoms with Crippen LogP contribution in [0.1, 0.15) is 52.6 Å². The molecule has 3 unspecified atom stereocenters. The maximum atomic E-state index is 13.5. The summed E-state index contributed by atoms with van der Waals surface area (Å²) in [5, 5.41) is 27.0. The van der Waals surface area contributed by atoms with Gasteiger partial charge in [-0.15, -0.1) is 23.2 Å².